The number of hydrogen-bond donors (Lipinski definition) is 2. The number of thiophene rings is 1. The summed E-state index contributed by atoms with van der Waals surface area (Å²) < 4.78 is 25.2. The molecule has 1 fully saturated rings. The second kappa shape index (κ2) is 8.05. The van der Waals surface area contributed by atoms with Crippen LogP contribution in [0.2, 0.25) is 0 Å². The van der Waals surface area contributed by atoms with Crippen molar-refractivity contribution in [1.29, 1.82) is 5.26 Å². The fourth-order valence-corrected chi connectivity index (χ4v) is 5.73. The maximum absolute atomic E-state index is 12.3. The number of piperidine rings is 1. The number of nitrogens with zero attached hydrogens (tertiary/aromatic N) is 2. The maximum Gasteiger partial charge on any atom is 0.226 e. The van der Waals surface area contributed by atoms with E-state index in [9.17, 15) is 18.5 Å². The molecule has 2 N–H and O–H groups in total. The summed E-state index contributed by atoms with van der Waals surface area (Å²) in [6.07, 6.45) is 6.09. The highest BCUT2D eigenvalue weighted by atomic mass is 32.2. The van der Waals surface area contributed by atoms with Crippen molar-refractivity contribution in [2.45, 2.75) is 44.6 Å². The molecule has 1 aliphatic heterocycles. The smallest absolute Gasteiger partial charge is 0.226 e. The molecule has 9 heteroatoms. The molecule has 1 aromatic rings. The third-order valence-corrected chi connectivity index (χ3v) is 6.88. The minimum atomic E-state index is -3.17. The largest absolute Gasteiger partial charge is 0.317 e. The Balaban J connectivity index is 1.45. The Morgan fingerprint density at radius 2 is 2.08 bits per heavy atom. The SMILES string of the molecule is CS(=O)(=O)NC1CCN(CCC(=O)Nc2sc3c(c2C#N)CCC3)CC1. The molecule has 1 amide bonds. The van der Waals surface area contributed by atoms with E-state index in [0.717, 1.165) is 50.8 Å². The van der Waals surface area contributed by atoms with E-state index in [0.29, 0.717) is 23.5 Å². The molecule has 0 saturated carbocycles. The number of nitrogens with one attached hydrogen (secondary N) is 2. The third-order valence-electron chi connectivity index (χ3n) is 4.91. The summed E-state index contributed by atoms with van der Waals surface area (Å²) in [7, 11) is -3.17. The second-order valence-corrected chi connectivity index (χ2v) is 9.86. The molecule has 142 valence electrons. The minimum Gasteiger partial charge on any atom is -0.317 e. The fourth-order valence-electron chi connectivity index (χ4n) is 3.64. The summed E-state index contributed by atoms with van der Waals surface area (Å²) in [6.45, 7) is 2.19. The Kier molecular flexibility index (Phi) is 5.97. The number of aryl methyl sites for hydroxylation is 1. The van der Waals surface area contributed by atoms with Gasteiger partial charge in [-0.3, -0.25) is 4.79 Å². The van der Waals surface area contributed by atoms with Crippen molar-refractivity contribution in [3.05, 3.63) is 16.0 Å². The number of rotatable bonds is 6. The van der Waals surface area contributed by atoms with Gasteiger partial charge in [0, 0.05) is 23.9 Å². The predicted octanol–water partition coefficient (Wildman–Crippen LogP) is 1.45. The average Bonchev–Trinajstić information content (AvgIpc) is 3.13. The van der Waals surface area contributed by atoms with Gasteiger partial charge in [0.25, 0.3) is 0 Å². The van der Waals surface area contributed by atoms with Crippen LogP contribution in [0.4, 0.5) is 5.00 Å². The third kappa shape index (κ3) is 4.82. The number of hydrogen-bond acceptors (Lipinski definition) is 6. The van der Waals surface area contributed by atoms with Gasteiger partial charge in [0.05, 0.1) is 11.8 Å². The molecule has 1 saturated heterocycles. The van der Waals surface area contributed by atoms with Crippen LogP contribution in [0.15, 0.2) is 0 Å². The normalized spacial score (nSPS) is 18.5. The van der Waals surface area contributed by atoms with Crippen LogP contribution in [0, 0.1) is 11.3 Å². The zero-order valence-electron chi connectivity index (χ0n) is 14.9. The van der Waals surface area contributed by atoms with E-state index in [4.69, 9.17) is 0 Å². The van der Waals surface area contributed by atoms with Crippen molar-refractivity contribution in [1.82, 2.24) is 9.62 Å². The highest BCUT2D eigenvalue weighted by molar-refractivity contribution is 7.88. The summed E-state index contributed by atoms with van der Waals surface area (Å²) in [5, 5.41) is 13.0. The van der Waals surface area contributed by atoms with Gasteiger partial charge >= 0.3 is 0 Å². The first kappa shape index (κ1) is 19.3. The number of sulfonamides is 1. The van der Waals surface area contributed by atoms with Crippen LogP contribution in [0.5, 0.6) is 0 Å². The van der Waals surface area contributed by atoms with Crippen molar-refractivity contribution in [3.63, 3.8) is 0 Å². The van der Waals surface area contributed by atoms with Gasteiger partial charge in [-0.2, -0.15) is 5.26 Å². The van der Waals surface area contributed by atoms with Crippen molar-refractivity contribution in [3.8, 4) is 6.07 Å². The zero-order valence-corrected chi connectivity index (χ0v) is 16.5. The summed E-state index contributed by atoms with van der Waals surface area (Å²) in [5.41, 5.74) is 1.76. The van der Waals surface area contributed by atoms with E-state index in [1.807, 2.05) is 0 Å². The monoisotopic (exact) mass is 396 g/mol. The fraction of sp³-hybridized carbons (Fsp3) is 0.647. The first-order chi connectivity index (χ1) is 12.4. The number of likely N-dealkylation sites (tertiary alicyclic amines) is 1. The zero-order chi connectivity index (χ0) is 18.7. The highest BCUT2D eigenvalue weighted by Gasteiger charge is 2.24. The van der Waals surface area contributed by atoms with Gasteiger partial charge in [0.2, 0.25) is 15.9 Å². The van der Waals surface area contributed by atoms with Gasteiger partial charge in [-0.25, -0.2) is 13.1 Å². The van der Waals surface area contributed by atoms with E-state index < -0.39 is 10.0 Å². The Morgan fingerprint density at radius 1 is 1.35 bits per heavy atom. The molecule has 26 heavy (non-hydrogen) atoms. The highest BCUT2D eigenvalue weighted by Crippen LogP contribution is 2.38. The minimum absolute atomic E-state index is 0.0123. The first-order valence-electron chi connectivity index (χ1n) is 8.90. The Bertz CT molecular complexity index is 818. The van der Waals surface area contributed by atoms with E-state index >= 15 is 0 Å². The van der Waals surface area contributed by atoms with Gasteiger partial charge in [-0.15, -0.1) is 11.3 Å². The molecule has 0 atom stereocenters. The van der Waals surface area contributed by atoms with Gasteiger partial charge in [0.1, 0.15) is 11.1 Å². The lowest BCUT2D eigenvalue weighted by Gasteiger charge is -2.31. The lowest BCUT2D eigenvalue weighted by atomic mass is 10.1. The lowest BCUT2D eigenvalue weighted by Crippen LogP contribution is -2.44. The summed E-state index contributed by atoms with van der Waals surface area (Å²) in [4.78, 5) is 15.7. The van der Waals surface area contributed by atoms with Gasteiger partial charge in [-0.05, 0) is 50.8 Å². The van der Waals surface area contributed by atoms with E-state index in [1.54, 1.807) is 0 Å². The number of anilines is 1. The Labute approximate surface area is 158 Å². The predicted molar refractivity (Wildman–Crippen MR) is 102 cm³/mol. The quantitative estimate of drug-likeness (QED) is 0.758. The molecule has 3 rings (SSSR count). The van der Waals surface area contributed by atoms with E-state index in [2.05, 4.69) is 21.0 Å². The molecule has 2 heterocycles. The Morgan fingerprint density at radius 3 is 2.73 bits per heavy atom. The first-order valence-corrected chi connectivity index (χ1v) is 11.6. The van der Waals surface area contributed by atoms with Crippen LogP contribution in [0.1, 0.15) is 41.7 Å². The van der Waals surface area contributed by atoms with Crippen LogP contribution in [0.3, 0.4) is 0 Å². The molecule has 0 bridgehead atoms. The van der Waals surface area contributed by atoms with Crippen LogP contribution >= 0.6 is 11.3 Å². The van der Waals surface area contributed by atoms with Crippen molar-refractivity contribution in [2.75, 3.05) is 31.2 Å². The summed E-state index contributed by atoms with van der Waals surface area (Å²) >= 11 is 1.54. The number of nitriles is 1. The molecule has 0 unspecified atom stereocenters. The molecule has 0 radical (unpaired) electrons. The molecular weight excluding hydrogens is 372 g/mol. The van der Waals surface area contributed by atoms with Crippen molar-refractivity contribution < 1.29 is 13.2 Å². The molecule has 2 aliphatic rings. The molecule has 7 nitrogen and oxygen atoms in total. The standard InChI is InChI=1S/C17H24N4O3S2/c1-26(23,24)20-12-5-8-21(9-6-12)10-7-16(22)19-17-14(11-18)13-3-2-4-15(13)25-17/h12,20H,2-10H2,1H3,(H,19,22). The van der Waals surface area contributed by atoms with E-state index in [-0.39, 0.29) is 11.9 Å². The summed E-state index contributed by atoms with van der Waals surface area (Å²) in [5.74, 6) is -0.0715. The number of fused-ring (bicyclic) bond motifs is 1. The number of amides is 1. The molecule has 1 aromatic heterocycles. The molecule has 0 spiro atoms. The number of carbonyl (C=O) groups excluding carboxylic acids is 1. The van der Waals surface area contributed by atoms with Crippen LogP contribution in [-0.4, -0.2) is 51.2 Å². The molecule has 0 aromatic carbocycles. The summed E-state index contributed by atoms with van der Waals surface area (Å²) in [6, 6.07) is 2.23. The Hall–Kier alpha value is -1.47. The van der Waals surface area contributed by atoms with Gasteiger partial charge < -0.3 is 10.2 Å². The maximum atomic E-state index is 12.3. The van der Waals surface area contributed by atoms with Crippen LogP contribution in [-0.2, 0) is 27.7 Å². The van der Waals surface area contributed by atoms with Gasteiger partial charge in [-0.1, -0.05) is 0 Å². The van der Waals surface area contributed by atoms with Gasteiger partial charge in [0.15, 0.2) is 0 Å². The molecule has 1 aliphatic carbocycles. The number of carbonyl (C=O) groups is 1. The lowest BCUT2D eigenvalue weighted by molar-refractivity contribution is -0.116. The van der Waals surface area contributed by atoms with Crippen molar-refractivity contribution >= 4 is 32.3 Å². The second-order valence-electron chi connectivity index (χ2n) is 6.98. The van der Waals surface area contributed by atoms with E-state index in [1.165, 1.54) is 22.5 Å². The van der Waals surface area contributed by atoms with Crippen LogP contribution < -0.4 is 10.0 Å². The molecular formula is C17H24N4O3S2. The average molecular weight is 397 g/mol. The van der Waals surface area contributed by atoms with Crippen molar-refractivity contribution in [2.24, 2.45) is 0 Å². The van der Waals surface area contributed by atoms with Crippen LogP contribution in [0.25, 0.3) is 0 Å². The topological polar surface area (TPSA) is 102 Å².